The van der Waals surface area contributed by atoms with Gasteiger partial charge in [0.15, 0.2) is 0 Å². The second-order valence-corrected chi connectivity index (χ2v) is 5.56. The normalized spacial score (nSPS) is 10.8. The zero-order valence-corrected chi connectivity index (χ0v) is 13.7. The van der Waals surface area contributed by atoms with Crippen LogP contribution in [0.4, 0.5) is 0 Å². The Balaban J connectivity index is 1.80. The fourth-order valence-electron chi connectivity index (χ4n) is 1.95. The Morgan fingerprint density at radius 2 is 1.75 bits per heavy atom. The minimum atomic E-state index is -0.806. The third kappa shape index (κ3) is 5.31. The highest BCUT2D eigenvalue weighted by Gasteiger charge is 2.11. The molecule has 1 aromatic heterocycles. The van der Waals surface area contributed by atoms with Crippen molar-refractivity contribution in [2.75, 3.05) is 0 Å². The highest BCUT2D eigenvalue weighted by Crippen LogP contribution is 2.13. The molecule has 24 heavy (non-hydrogen) atoms. The minimum Gasteiger partial charge on any atom is -0.344 e. The maximum atomic E-state index is 11.7. The molecule has 0 aliphatic heterocycles. The van der Waals surface area contributed by atoms with Crippen LogP contribution in [0, 0.1) is 0 Å². The van der Waals surface area contributed by atoms with Crippen molar-refractivity contribution < 1.29 is 9.59 Å². The van der Waals surface area contributed by atoms with E-state index < -0.39 is 11.8 Å². The van der Waals surface area contributed by atoms with E-state index in [0.717, 1.165) is 11.1 Å². The lowest BCUT2D eigenvalue weighted by Crippen LogP contribution is -2.37. The number of nitrogens with zero attached hydrogens (tertiary/aromatic N) is 2. The van der Waals surface area contributed by atoms with E-state index in [2.05, 4.69) is 34.7 Å². The Labute approximate surface area is 141 Å². The number of benzene rings is 1. The summed E-state index contributed by atoms with van der Waals surface area (Å²) in [4.78, 5) is 27.2. The Bertz CT molecular complexity index is 710. The first-order valence-electron chi connectivity index (χ1n) is 7.66. The van der Waals surface area contributed by atoms with Crippen molar-refractivity contribution in [1.82, 2.24) is 15.7 Å². The summed E-state index contributed by atoms with van der Waals surface area (Å²) in [6, 6.07) is 11.4. The van der Waals surface area contributed by atoms with Gasteiger partial charge in [-0.25, -0.2) is 5.43 Å². The topological polar surface area (TPSA) is 83.5 Å². The molecule has 2 aromatic rings. The van der Waals surface area contributed by atoms with Crippen LogP contribution in [-0.4, -0.2) is 23.0 Å². The highest BCUT2D eigenvalue weighted by molar-refractivity contribution is 6.35. The monoisotopic (exact) mass is 324 g/mol. The Kier molecular flexibility index (Phi) is 6.19. The van der Waals surface area contributed by atoms with Gasteiger partial charge in [-0.1, -0.05) is 38.1 Å². The van der Waals surface area contributed by atoms with Crippen LogP contribution in [0.2, 0.25) is 0 Å². The van der Waals surface area contributed by atoms with Gasteiger partial charge in [0, 0.05) is 18.9 Å². The van der Waals surface area contributed by atoms with E-state index in [1.165, 1.54) is 11.8 Å². The number of amides is 2. The van der Waals surface area contributed by atoms with Crippen LogP contribution in [0.25, 0.3) is 0 Å². The number of hydrogen-bond donors (Lipinski definition) is 2. The number of carbonyl (C=O) groups excluding carboxylic acids is 2. The summed E-state index contributed by atoms with van der Waals surface area (Å²) in [6.07, 6.45) is 4.74. The Morgan fingerprint density at radius 1 is 1.08 bits per heavy atom. The van der Waals surface area contributed by atoms with Gasteiger partial charge in [-0.05, 0) is 34.7 Å². The van der Waals surface area contributed by atoms with Crippen LogP contribution in [0.1, 0.15) is 36.5 Å². The largest absolute Gasteiger partial charge is 0.344 e. The summed E-state index contributed by atoms with van der Waals surface area (Å²) in [6.45, 7) is 4.50. The van der Waals surface area contributed by atoms with Crippen molar-refractivity contribution in [2.24, 2.45) is 5.10 Å². The molecule has 0 atom stereocenters. The molecule has 2 rings (SSSR count). The lowest BCUT2D eigenvalue weighted by Gasteiger charge is -2.05. The molecule has 0 aliphatic rings. The molecule has 2 N–H and O–H groups in total. The summed E-state index contributed by atoms with van der Waals surface area (Å²) in [5, 5.41) is 6.31. The predicted molar refractivity (Wildman–Crippen MR) is 92.4 cm³/mol. The quantitative estimate of drug-likeness (QED) is 0.501. The molecule has 6 heteroatoms. The predicted octanol–water partition coefficient (Wildman–Crippen LogP) is 1.97. The fraction of sp³-hybridized carbons (Fsp3) is 0.222. The van der Waals surface area contributed by atoms with E-state index in [0.29, 0.717) is 5.92 Å². The van der Waals surface area contributed by atoms with Crippen molar-refractivity contribution in [3.63, 3.8) is 0 Å². The molecular formula is C18H20N4O2. The van der Waals surface area contributed by atoms with Crippen LogP contribution in [0.15, 0.2) is 53.9 Å². The van der Waals surface area contributed by atoms with Crippen LogP contribution < -0.4 is 10.7 Å². The van der Waals surface area contributed by atoms with Gasteiger partial charge in [-0.15, -0.1) is 0 Å². The third-order valence-electron chi connectivity index (χ3n) is 3.39. The van der Waals surface area contributed by atoms with Crippen LogP contribution in [0.5, 0.6) is 0 Å². The van der Waals surface area contributed by atoms with Gasteiger partial charge in [0.2, 0.25) is 0 Å². The van der Waals surface area contributed by atoms with Gasteiger partial charge in [-0.2, -0.15) is 5.10 Å². The van der Waals surface area contributed by atoms with Gasteiger partial charge in [-0.3, -0.25) is 14.6 Å². The molecule has 0 unspecified atom stereocenters. The van der Waals surface area contributed by atoms with Crippen molar-refractivity contribution in [1.29, 1.82) is 0 Å². The lowest BCUT2D eigenvalue weighted by atomic mass is 10.0. The van der Waals surface area contributed by atoms with Gasteiger partial charge < -0.3 is 5.32 Å². The summed E-state index contributed by atoms with van der Waals surface area (Å²) < 4.78 is 0. The molecule has 0 bridgehead atoms. The number of nitrogens with one attached hydrogen (secondary N) is 2. The molecule has 0 spiro atoms. The van der Waals surface area contributed by atoms with E-state index in [1.807, 2.05) is 24.3 Å². The molecule has 124 valence electrons. The molecule has 0 saturated carbocycles. The Morgan fingerprint density at radius 3 is 2.38 bits per heavy atom. The molecule has 1 heterocycles. The summed E-state index contributed by atoms with van der Waals surface area (Å²) in [5.74, 6) is -1.09. The van der Waals surface area contributed by atoms with E-state index in [9.17, 15) is 9.59 Å². The van der Waals surface area contributed by atoms with Gasteiger partial charge in [0.25, 0.3) is 0 Å². The third-order valence-corrected chi connectivity index (χ3v) is 3.39. The molecule has 2 amide bonds. The van der Waals surface area contributed by atoms with E-state index in [1.54, 1.807) is 24.5 Å². The number of pyridine rings is 1. The maximum absolute atomic E-state index is 11.7. The first kappa shape index (κ1) is 17.3. The fourth-order valence-corrected chi connectivity index (χ4v) is 1.95. The average Bonchev–Trinajstić information content (AvgIpc) is 2.61. The Hall–Kier alpha value is -3.02. The van der Waals surface area contributed by atoms with E-state index in [-0.39, 0.29) is 6.54 Å². The number of hydrogen-bond acceptors (Lipinski definition) is 4. The smallest absolute Gasteiger partial charge is 0.329 e. The number of aromatic nitrogens is 1. The SMILES string of the molecule is CC(C)c1ccc(/C=N\NC(=O)C(=O)NCc2ccncc2)cc1. The van der Waals surface area contributed by atoms with Gasteiger partial charge >= 0.3 is 11.8 Å². The molecule has 0 saturated heterocycles. The summed E-state index contributed by atoms with van der Waals surface area (Å²) in [5.41, 5.74) is 5.14. The van der Waals surface area contributed by atoms with Gasteiger partial charge in [0.05, 0.1) is 6.21 Å². The highest BCUT2D eigenvalue weighted by atomic mass is 16.2. The minimum absolute atomic E-state index is 0.259. The standard InChI is InChI=1S/C18H20N4O2/c1-13(2)16-5-3-14(4-6-16)12-21-22-18(24)17(23)20-11-15-7-9-19-10-8-15/h3-10,12-13H,11H2,1-2H3,(H,20,23)(H,22,24)/b21-12-. The maximum Gasteiger partial charge on any atom is 0.329 e. The zero-order valence-electron chi connectivity index (χ0n) is 13.7. The summed E-state index contributed by atoms with van der Waals surface area (Å²) >= 11 is 0. The first-order valence-corrected chi connectivity index (χ1v) is 7.66. The molecule has 0 radical (unpaired) electrons. The molecule has 0 aliphatic carbocycles. The van der Waals surface area contributed by atoms with E-state index in [4.69, 9.17) is 0 Å². The van der Waals surface area contributed by atoms with Crippen LogP contribution in [0.3, 0.4) is 0 Å². The molecular weight excluding hydrogens is 304 g/mol. The van der Waals surface area contributed by atoms with Gasteiger partial charge in [0.1, 0.15) is 0 Å². The first-order chi connectivity index (χ1) is 11.6. The lowest BCUT2D eigenvalue weighted by molar-refractivity contribution is -0.139. The van der Waals surface area contributed by atoms with Crippen molar-refractivity contribution >= 4 is 18.0 Å². The number of carbonyl (C=O) groups is 2. The number of hydrazone groups is 1. The second-order valence-electron chi connectivity index (χ2n) is 5.56. The van der Waals surface area contributed by atoms with Crippen LogP contribution >= 0.6 is 0 Å². The molecule has 0 fully saturated rings. The van der Waals surface area contributed by atoms with E-state index >= 15 is 0 Å². The van der Waals surface area contributed by atoms with Crippen LogP contribution in [-0.2, 0) is 16.1 Å². The molecule has 1 aromatic carbocycles. The second kappa shape index (κ2) is 8.57. The zero-order chi connectivity index (χ0) is 17.4. The molecule has 6 nitrogen and oxygen atoms in total. The summed E-state index contributed by atoms with van der Waals surface area (Å²) in [7, 11) is 0. The van der Waals surface area contributed by atoms with Crippen molar-refractivity contribution in [3.05, 3.63) is 65.5 Å². The van der Waals surface area contributed by atoms with Crippen molar-refractivity contribution in [3.8, 4) is 0 Å². The average molecular weight is 324 g/mol. The number of rotatable bonds is 5. The van der Waals surface area contributed by atoms with Crippen molar-refractivity contribution in [2.45, 2.75) is 26.3 Å².